The molecule has 3 aromatic rings. The molecular formula is C21H24ClN3O3S. The van der Waals surface area contributed by atoms with Gasteiger partial charge < -0.3 is 10.1 Å². The monoisotopic (exact) mass is 433 g/mol. The van der Waals surface area contributed by atoms with Crippen LogP contribution in [-0.4, -0.2) is 57.7 Å². The smallest absolute Gasteiger partial charge is 0.208 e. The first kappa shape index (κ1) is 21.5. The molecule has 2 aromatic carbocycles. The van der Waals surface area contributed by atoms with E-state index in [-0.39, 0.29) is 22.2 Å². The summed E-state index contributed by atoms with van der Waals surface area (Å²) in [6, 6.07) is 15.9. The lowest BCUT2D eigenvalue weighted by Gasteiger charge is -2.26. The first-order chi connectivity index (χ1) is 13.6. The van der Waals surface area contributed by atoms with Gasteiger partial charge in [-0.05, 0) is 24.3 Å². The van der Waals surface area contributed by atoms with Gasteiger partial charge in [-0.2, -0.15) is 0 Å². The van der Waals surface area contributed by atoms with Crippen LogP contribution in [0.4, 0.5) is 5.69 Å². The van der Waals surface area contributed by atoms with E-state index in [0.29, 0.717) is 0 Å². The number of para-hydroxylation sites is 1. The molecule has 0 spiro atoms. The summed E-state index contributed by atoms with van der Waals surface area (Å²) in [6.45, 7) is 5.21. The molecule has 2 heterocycles. The predicted octanol–water partition coefficient (Wildman–Crippen LogP) is 3.23. The minimum Gasteiger partial charge on any atom is -0.382 e. The molecule has 1 aliphatic heterocycles. The Hall–Kier alpha value is -2.19. The largest absolute Gasteiger partial charge is 0.382 e. The van der Waals surface area contributed by atoms with Gasteiger partial charge in [0.15, 0.2) is 0 Å². The van der Waals surface area contributed by atoms with Crippen molar-refractivity contribution >= 4 is 38.8 Å². The molecule has 0 amide bonds. The molecule has 0 radical (unpaired) electrons. The van der Waals surface area contributed by atoms with Crippen molar-refractivity contribution in [3.05, 3.63) is 60.8 Å². The fourth-order valence-corrected chi connectivity index (χ4v) is 4.60. The zero-order valence-electron chi connectivity index (χ0n) is 16.0. The normalized spacial score (nSPS) is 15.0. The molecule has 4 rings (SSSR count). The summed E-state index contributed by atoms with van der Waals surface area (Å²) in [4.78, 5) is 7.30. The van der Waals surface area contributed by atoms with E-state index >= 15 is 0 Å². The van der Waals surface area contributed by atoms with Gasteiger partial charge in [0.05, 0.1) is 34.2 Å². The lowest BCUT2D eigenvalue weighted by atomic mass is 10.2. The summed E-state index contributed by atoms with van der Waals surface area (Å²) in [5, 5.41) is 4.23. The number of pyridine rings is 1. The Morgan fingerprint density at radius 3 is 2.52 bits per heavy atom. The Morgan fingerprint density at radius 1 is 1.00 bits per heavy atom. The first-order valence-electron chi connectivity index (χ1n) is 9.37. The molecule has 29 heavy (non-hydrogen) atoms. The standard InChI is InChI=1S/C21H23N3O3S.ClH/c25-28(26,18-6-2-1-3-7-18)19-15-17-5-4-8-20(21(17)23-16-19)22-9-10-24-11-13-27-14-12-24;/h1-8,15-16,22H,9-14H2;1H. The lowest BCUT2D eigenvalue weighted by Crippen LogP contribution is -2.39. The van der Waals surface area contributed by atoms with Crippen LogP contribution in [0.2, 0.25) is 0 Å². The Bertz CT molecular complexity index is 1060. The Balaban J connectivity index is 0.00000240. The number of anilines is 1. The highest BCUT2D eigenvalue weighted by Crippen LogP contribution is 2.26. The SMILES string of the molecule is Cl.O=S(=O)(c1ccccc1)c1cnc2c(NCCN3CCOCC3)cccc2c1. The van der Waals surface area contributed by atoms with Crippen molar-refractivity contribution in [3.63, 3.8) is 0 Å². The summed E-state index contributed by atoms with van der Waals surface area (Å²) in [6.07, 6.45) is 1.44. The topological polar surface area (TPSA) is 71.5 Å². The molecule has 0 atom stereocenters. The van der Waals surface area contributed by atoms with Gasteiger partial charge in [0.1, 0.15) is 0 Å². The molecule has 0 aliphatic carbocycles. The molecule has 6 nitrogen and oxygen atoms in total. The maximum Gasteiger partial charge on any atom is 0.208 e. The summed E-state index contributed by atoms with van der Waals surface area (Å²) in [5.41, 5.74) is 1.69. The van der Waals surface area contributed by atoms with Crippen LogP contribution in [0.15, 0.2) is 70.6 Å². The molecule has 1 aromatic heterocycles. The van der Waals surface area contributed by atoms with Gasteiger partial charge in [0.2, 0.25) is 9.84 Å². The van der Waals surface area contributed by atoms with Crippen LogP contribution in [0, 0.1) is 0 Å². The van der Waals surface area contributed by atoms with Crippen molar-refractivity contribution in [1.82, 2.24) is 9.88 Å². The molecule has 1 saturated heterocycles. The number of benzene rings is 2. The fraction of sp³-hybridized carbons (Fsp3) is 0.286. The van der Waals surface area contributed by atoms with Crippen LogP contribution >= 0.6 is 12.4 Å². The number of nitrogens with zero attached hydrogens (tertiary/aromatic N) is 2. The quantitative estimate of drug-likeness (QED) is 0.643. The second-order valence-corrected chi connectivity index (χ2v) is 8.70. The number of sulfone groups is 1. The average molecular weight is 434 g/mol. The van der Waals surface area contributed by atoms with Crippen LogP contribution < -0.4 is 5.32 Å². The van der Waals surface area contributed by atoms with Gasteiger partial charge in [-0.15, -0.1) is 12.4 Å². The molecule has 8 heteroatoms. The second-order valence-electron chi connectivity index (χ2n) is 6.75. The number of rotatable bonds is 6. The molecule has 154 valence electrons. The van der Waals surface area contributed by atoms with Crippen molar-refractivity contribution in [1.29, 1.82) is 0 Å². The molecule has 0 unspecified atom stereocenters. The number of ether oxygens (including phenoxy) is 1. The highest BCUT2D eigenvalue weighted by molar-refractivity contribution is 7.91. The molecular weight excluding hydrogens is 410 g/mol. The zero-order chi connectivity index (χ0) is 19.4. The summed E-state index contributed by atoms with van der Waals surface area (Å²) >= 11 is 0. The maximum absolute atomic E-state index is 12.8. The first-order valence-corrected chi connectivity index (χ1v) is 10.9. The molecule has 1 aliphatic rings. The minimum atomic E-state index is -3.58. The van der Waals surface area contributed by atoms with Gasteiger partial charge in [-0.25, -0.2) is 8.42 Å². The van der Waals surface area contributed by atoms with Crippen LogP contribution in [-0.2, 0) is 14.6 Å². The van der Waals surface area contributed by atoms with Crippen molar-refractivity contribution in [3.8, 4) is 0 Å². The number of nitrogens with one attached hydrogen (secondary N) is 1. The maximum atomic E-state index is 12.8. The van der Waals surface area contributed by atoms with Gasteiger partial charge in [0, 0.05) is 37.8 Å². The third kappa shape index (κ3) is 4.87. The van der Waals surface area contributed by atoms with Gasteiger partial charge in [-0.1, -0.05) is 30.3 Å². The van der Waals surface area contributed by atoms with E-state index in [1.165, 1.54) is 6.20 Å². The van der Waals surface area contributed by atoms with Crippen molar-refractivity contribution in [2.75, 3.05) is 44.7 Å². The highest BCUT2D eigenvalue weighted by atomic mass is 35.5. The fourth-order valence-electron chi connectivity index (χ4n) is 3.34. The third-order valence-electron chi connectivity index (χ3n) is 4.90. The average Bonchev–Trinajstić information content (AvgIpc) is 2.75. The molecule has 1 N–H and O–H groups in total. The van der Waals surface area contributed by atoms with E-state index < -0.39 is 9.84 Å². The van der Waals surface area contributed by atoms with E-state index in [1.54, 1.807) is 36.4 Å². The van der Waals surface area contributed by atoms with E-state index in [1.807, 2.05) is 18.2 Å². The molecule has 0 bridgehead atoms. The number of hydrogen-bond donors (Lipinski definition) is 1. The van der Waals surface area contributed by atoms with Crippen LogP contribution in [0.25, 0.3) is 10.9 Å². The summed E-state index contributed by atoms with van der Waals surface area (Å²) in [5.74, 6) is 0. The van der Waals surface area contributed by atoms with Crippen molar-refractivity contribution < 1.29 is 13.2 Å². The van der Waals surface area contributed by atoms with Crippen LogP contribution in [0.1, 0.15) is 0 Å². The van der Waals surface area contributed by atoms with Crippen LogP contribution in [0.3, 0.4) is 0 Å². The van der Waals surface area contributed by atoms with Crippen LogP contribution in [0.5, 0.6) is 0 Å². The highest BCUT2D eigenvalue weighted by Gasteiger charge is 2.18. The third-order valence-corrected chi connectivity index (χ3v) is 6.63. The van der Waals surface area contributed by atoms with E-state index in [2.05, 4.69) is 15.2 Å². The predicted molar refractivity (Wildman–Crippen MR) is 117 cm³/mol. The summed E-state index contributed by atoms with van der Waals surface area (Å²) in [7, 11) is -3.58. The lowest BCUT2D eigenvalue weighted by molar-refractivity contribution is 0.0398. The van der Waals surface area contributed by atoms with E-state index in [4.69, 9.17) is 4.74 Å². The number of halogens is 1. The van der Waals surface area contributed by atoms with Gasteiger partial charge in [-0.3, -0.25) is 9.88 Å². The number of morpholine rings is 1. The number of fused-ring (bicyclic) bond motifs is 1. The van der Waals surface area contributed by atoms with Gasteiger partial charge in [0.25, 0.3) is 0 Å². The number of aromatic nitrogens is 1. The Labute approximate surface area is 177 Å². The zero-order valence-corrected chi connectivity index (χ0v) is 17.6. The van der Waals surface area contributed by atoms with Crippen molar-refractivity contribution in [2.45, 2.75) is 9.79 Å². The van der Waals surface area contributed by atoms with Crippen molar-refractivity contribution in [2.24, 2.45) is 0 Å². The second kappa shape index (κ2) is 9.54. The Kier molecular flexibility index (Phi) is 7.08. The molecule has 1 fully saturated rings. The number of hydrogen-bond acceptors (Lipinski definition) is 6. The Morgan fingerprint density at radius 2 is 1.76 bits per heavy atom. The molecule has 0 saturated carbocycles. The summed E-state index contributed by atoms with van der Waals surface area (Å²) < 4.78 is 31.0. The minimum absolute atomic E-state index is 0. The van der Waals surface area contributed by atoms with E-state index in [9.17, 15) is 8.42 Å². The van der Waals surface area contributed by atoms with Gasteiger partial charge >= 0.3 is 0 Å². The van der Waals surface area contributed by atoms with E-state index in [0.717, 1.165) is 56.0 Å².